The molecular weight excluding hydrogens is 373 g/mol. The van der Waals surface area contributed by atoms with E-state index in [4.69, 9.17) is 4.74 Å². The third-order valence-corrected chi connectivity index (χ3v) is 6.18. The number of anilines is 1. The van der Waals surface area contributed by atoms with Gasteiger partial charge in [-0.1, -0.05) is 43.9 Å². The van der Waals surface area contributed by atoms with E-state index in [0.29, 0.717) is 30.3 Å². The zero-order valence-electron chi connectivity index (χ0n) is 16.4. The number of aromatic nitrogens is 2. The number of benzene rings is 1. The number of halogens is 1. The molecule has 0 radical (unpaired) electrons. The van der Waals surface area contributed by atoms with Crippen LogP contribution in [0.5, 0.6) is 0 Å². The Bertz CT molecular complexity index is 883. The van der Waals surface area contributed by atoms with Gasteiger partial charge in [-0.3, -0.25) is 9.59 Å². The second-order valence-electron chi connectivity index (χ2n) is 7.99. The monoisotopic (exact) mass is 399 g/mol. The molecule has 2 aromatic rings. The number of hydrogen-bond acceptors (Lipinski definition) is 4. The minimum absolute atomic E-state index is 0.297. The maximum Gasteiger partial charge on any atom is 0.317 e. The first-order valence-corrected chi connectivity index (χ1v) is 10.4. The Morgan fingerprint density at radius 3 is 2.59 bits per heavy atom. The van der Waals surface area contributed by atoms with Crippen molar-refractivity contribution in [3.05, 3.63) is 47.9 Å². The highest BCUT2D eigenvalue weighted by atomic mass is 19.1. The van der Waals surface area contributed by atoms with E-state index < -0.39 is 29.7 Å². The topological polar surface area (TPSA) is 73.2 Å². The van der Waals surface area contributed by atoms with Gasteiger partial charge < -0.3 is 10.1 Å². The highest BCUT2D eigenvalue weighted by Gasteiger charge is 2.46. The highest BCUT2D eigenvalue weighted by molar-refractivity contribution is 5.93. The molecule has 0 aliphatic heterocycles. The fourth-order valence-electron chi connectivity index (χ4n) is 4.71. The Labute approximate surface area is 169 Å². The summed E-state index contributed by atoms with van der Waals surface area (Å²) in [4.78, 5) is 25.3. The van der Waals surface area contributed by atoms with Crippen LogP contribution in [-0.2, 0) is 19.7 Å². The van der Waals surface area contributed by atoms with Gasteiger partial charge in [-0.15, -0.1) is 0 Å². The summed E-state index contributed by atoms with van der Waals surface area (Å²) in [5.74, 6) is -0.738. The summed E-state index contributed by atoms with van der Waals surface area (Å²) in [6.45, 7) is -0.398. The molecule has 1 heterocycles. The van der Waals surface area contributed by atoms with Crippen LogP contribution in [0, 0.1) is 5.82 Å². The molecule has 29 heavy (non-hydrogen) atoms. The van der Waals surface area contributed by atoms with Crippen molar-refractivity contribution in [1.82, 2.24) is 9.78 Å². The van der Waals surface area contributed by atoms with Crippen molar-refractivity contribution in [2.45, 2.75) is 62.8 Å². The Kier molecular flexibility index (Phi) is 5.65. The second kappa shape index (κ2) is 8.35. The van der Waals surface area contributed by atoms with E-state index in [0.717, 1.165) is 38.5 Å². The van der Waals surface area contributed by atoms with Crippen LogP contribution < -0.4 is 5.32 Å². The maximum atomic E-state index is 14.4. The van der Waals surface area contributed by atoms with Crippen LogP contribution in [0.1, 0.15) is 63.0 Å². The van der Waals surface area contributed by atoms with E-state index in [1.54, 1.807) is 30.5 Å². The molecule has 2 fully saturated rings. The van der Waals surface area contributed by atoms with Crippen LogP contribution in [0.4, 0.5) is 10.2 Å². The molecule has 4 rings (SSSR count). The Balaban J connectivity index is 1.41. The highest BCUT2D eigenvalue weighted by Crippen LogP contribution is 2.43. The summed E-state index contributed by atoms with van der Waals surface area (Å²) in [6.07, 6.45) is 8.79. The van der Waals surface area contributed by atoms with Gasteiger partial charge in [-0.2, -0.15) is 5.10 Å². The molecule has 2 saturated carbocycles. The summed E-state index contributed by atoms with van der Waals surface area (Å²) in [5.41, 5.74) is -0.640. The molecular formula is C22H26FN3O3. The quantitative estimate of drug-likeness (QED) is 0.741. The van der Waals surface area contributed by atoms with Crippen LogP contribution in [0.15, 0.2) is 36.5 Å². The van der Waals surface area contributed by atoms with Gasteiger partial charge in [0.2, 0.25) is 0 Å². The first kappa shape index (κ1) is 19.6. The normalized spacial score (nSPS) is 18.7. The van der Waals surface area contributed by atoms with Crippen LogP contribution in [0.3, 0.4) is 0 Å². The third-order valence-electron chi connectivity index (χ3n) is 6.18. The van der Waals surface area contributed by atoms with Gasteiger partial charge in [-0.05, 0) is 31.7 Å². The van der Waals surface area contributed by atoms with E-state index in [2.05, 4.69) is 10.4 Å². The molecule has 0 saturated heterocycles. The summed E-state index contributed by atoms with van der Waals surface area (Å²) >= 11 is 0. The second-order valence-corrected chi connectivity index (χ2v) is 7.99. The first-order chi connectivity index (χ1) is 14.1. The van der Waals surface area contributed by atoms with Gasteiger partial charge in [0.25, 0.3) is 5.91 Å². The summed E-state index contributed by atoms with van der Waals surface area (Å²) in [6, 6.07) is 8.37. The number of esters is 1. The number of nitrogens with one attached hydrogen (secondary N) is 1. The predicted octanol–water partition coefficient (Wildman–Crippen LogP) is 4.13. The number of carbonyl (C=O) groups excluding carboxylic acids is 2. The molecule has 7 heteroatoms. The van der Waals surface area contributed by atoms with Crippen molar-refractivity contribution in [2.75, 3.05) is 11.9 Å². The minimum Gasteiger partial charge on any atom is -0.455 e. The number of hydrogen-bond donors (Lipinski definition) is 1. The number of carbonyl (C=O) groups is 2. The van der Waals surface area contributed by atoms with E-state index in [1.165, 1.54) is 6.07 Å². The maximum absolute atomic E-state index is 14.4. The van der Waals surface area contributed by atoms with Crippen molar-refractivity contribution < 1.29 is 18.7 Å². The van der Waals surface area contributed by atoms with E-state index >= 15 is 0 Å². The molecule has 2 aliphatic rings. The number of nitrogens with zero attached hydrogens (tertiary/aromatic N) is 2. The van der Waals surface area contributed by atoms with Gasteiger partial charge in [0.05, 0.1) is 17.7 Å². The smallest absolute Gasteiger partial charge is 0.317 e. The van der Waals surface area contributed by atoms with Crippen molar-refractivity contribution >= 4 is 17.7 Å². The third kappa shape index (κ3) is 3.91. The lowest BCUT2D eigenvalue weighted by molar-refractivity contribution is -0.153. The number of ether oxygens (including phenoxy) is 1. The largest absolute Gasteiger partial charge is 0.455 e. The van der Waals surface area contributed by atoms with Crippen LogP contribution in [-0.4, -0.2) is 28.3 Å². The van der Waals surface area contributed by atoms with Gasteiger partial charge in [-0.25, -0.2) is 9.07 Å². The molecule has 154 valence electrons. The lowest BCUT2D eigenvalue weighted by Gasteiger charge is -2.27. The van der Waals surface area contributed by atoms with Crippen molar-refractivity contribution in [3.63, 3.8) is 0 Å². The Morgan fingerprint density at radius 2 is 1.86 bits per heavy atom. The molecule has 2 aliphatic carbocycles. The standard InChI is InChI=1S/C22H26FN3O3/c23-18-10-4-3-9-17(18)22(12-5-6-13-22)21(28)29-15-20(27)25-19-11-14-24-26(19)16-7-1-2-8-16/h3-4,9-11,14,16H,1-2,5-8,12-13,15H2,(H,25,27). The lowest BCUT2D eigenvalue weighted by atomic mass is 9.78. The molecule has 0 atom stereocenters. The lowest BCUT2D eigenvalue weighted by Crippen LogP contribution is -2.37. The van der Waals surface area contributed by atoms with Crippen molar-refractivity contribution in [1.29, 1.82) is 0 Å². The van der Waals surface area contributed by atoms with Crippen LogP contribution >= 0.6 is 0 Å². The average Bonchev–Trinajstić information content (AvgIpc) is 3.47. The average molecular weight is 399 g/mol. The number of amides is 1. The molecule has 0 unspecified atom stereocenters. The summed E-state index contributed by atoms with van der Waals surface area (Å²) in [7, 11) is 0. The number of rotatable bonds is 6. The minimum atomic E-state index is -1.00. The van der Waals surface area contributed by atoms with Crippen molar-refractivity contribution in [3.8, 4) is 0 Å². The van der Waals surface area contributed by atoms with Gasteiger partial charge in [0.15, 0.2) is 6.61 Å². The van der Waals surface area contributed by atoms with E-state index in [1.807, 2.05) is 4.68 Å². The van der Waals surface area contributed by atoms with Crippen LogP contribution in [0.25, 0.3) is 0 Å². The molecule has 1 amide bonds. The van der Waals surface area contributed by atoms with Crippen LogP contribution in [0.2, 0.25) is 0 Å². The molecule has 1 aromatic carbocycles. The zero-order valence-corrected chi connectivity index (χ0v) is 16.4. The zero-order chi connectivity index (χ0) is 20.3. The SMILES string of the molecule is O=C(COC(=O)C1(c2ccccc2F)CCCC1)Nc1ccnn1C1CCCC1. The summed E-state index contributed by atoms with van der Waals surface area (Å²) < 4.78 is 21.6. The fraction of sp³-hybridized carbons (Fsp3) is 0.500. The Morgan fingerprint density at radius 1 is 1.14 bits per heavy atom. The molecule has 0 spiro atoms. The Hall–Kier alpha value is -2.70. The summed E-state index contributed by atoms with van der Waals surface area (Å²) in [5, 5.41) is 7.11. The molecule has 0 bridgehead atoms. The first-order valence-electron chi connectivity index (χ1n) is 10.4. The molecule has 1 N–H and O–H groups in total. The fourth-order valence-corrected chi connectivity index (χ4v) is 4.71. The van der Waals surface area contributed by atoms with Gasteiger partial charge >= 0.3 is 5.97 Å². The van der Waals surface area contributed by atoms with Crippen molar-refractivity contribution in [2.24, 2.45) is 0 Å². The van der Waals surface area contributed by atoms with E-state index in [-0.39, 0.29) is 0 Å². The van der Waals surface area contributed by atoms with Gasteiger partial charge in [0, 0.05) is 11.6 Å². The molecule has 1 aromatic heterocycles. The van der Waals surface area contributed by atoms with E-state index in [9.17, 15) is 14.0 Å². The predicted molar refractivity (Wildman–Crippen MR) is 106 cm³/mol. The molecule has 6 nitrogen and oxygen atoms in total. The van der Waals surface area contributed by atoms with Gasteiger partial charge in [0.1, 0.15) is 11.6 Å².